The Morgan fingerprint density at radius 2 is 1.95 bits per heavy atom. The first-order valence-corrected chi connectivity index (χ1v) is 5.86. The lowest BCUT2D eigenvalue weighted by molar-refractivity contribution is -0.384. The number of nitrogens with zero attached hydrogens (tertiary/aromatic N) is 2. The molecule has 0 radical (unpaired) electrons. The zero-order valence-corrected chi connectivity index (χ0v) is 10.2. The topological polar surface area (TPSA) is 80.1 Å². The van der Waals surface area contributed by atoms with E-state index in [9.17, 15) is 10.1 Å². The predicted molar refractivity (Wildman–Crippen MR) is 73.0 cm³/mol. The summed E-state index contributed by atoms with van der Waals surface area (Å²) in [6.07, 6.45) is 0. The fraction of sp³-hybridized carbons (Fsp3) is 0. The molecule has 0 bridgehead atoms. The van der Waals surface area contributed by atoms with Gasteiger partial charge in [0.15, 0.2) is 0 Å². The zero-order chi connectivity index (χ0) is 14.1. The number of nitro groups is 1. The highest BCUT2D eigenvalue weighted by molar-refractivity contribution is 5.84. The summed E-state index contributed by atoms with van der Waals surface area (Å²) >= 11 is 0. The molecule has 0 atom stereocenters. The summed E-state index contributed by atoms with van der Waals surface area (Å²) in [5, 5.41) is 20.8. The molecule has 0 spiro atoms. The summed E-state index contributed by atoms with van der Waals surface area (Å²) in [6, 6.07) is 15.4. The van der Waals surface area contributed by atoms with Crippen LogP contribution in [-0.4, -0.2) is 4.92 Å². The van der Waals surface area contributed by atoms with Crippen LogP contribution in [0.15, 0.2) is 52.9 Å². The van der Waals surface area contributed by atoms with Crippen LogP contribution in [0.5, 0.6) is 0 Å². The summed E-state index contributed by atoms with van der Waals surface area (Å²) < 4.78 is 5.63. The number of benzene rings is 2. The standard InChI is InChI=1S/C15H8N2O3/c16-9-10-5-6-12(13(7-10)17(18)19)15-8-11-3-1-2-4-14(11)20-15/h1-8H. The van der Waals surface area contributed by atoms with Gasteiger partial charge >= 0.3 is 0 Å². The molecule has 0 aliphatic carbocycles. The Balaban J connectivity index is 2.23. The molecule has 5 heteroatoms. The first kappa shape index (κ1) is 11.9. The largest absolute Gasteiger partial charge is 0.456 e. The number of hydrogen-bond donors (Lipinski definition) is 0. The number of rotatable bonds is 2. The van der Waals surface area contributed by atoms with Crippen molar-refractivity contribution < 1.29 is 9.34 Å². The molecule has 1 heterocycles. The van der Waals surface area contributed by atoms with Gasteiger partial charge in [0.2, 0.25) is 0 Å². The van der Waals surface area contributed by atoms with Crippen molar-refractivity contribution in [1.29, 1.82) is 5.26 Å². The van der Waals surface area contributed by atoms with Crippen molar-refractivity contribution in [3.8, 4) is 17.4 Å². The molecule has 3 rings (SSSR count). The molecule has 0 saturated carbocycles. The average Bonchev–Trinajstić information content (AvgIpc) is 2.90. The Bertz CT molecular complexity index is 826. The van der Waals surface area contributed by atoms with Crippen LogP contribution >= 0.6 is 0 Å². The van der Waals surface area contributed by atoms with Crippen LogP contribution in [0.25, 0.3) is 22.3 Å². The zero-order valence-electron chi connectivity index (χ0n) is 10.2. The maximum Gasteiger partial charge on any atom is 0.281 e. The van der Waals surface area contributed by atoms with Gasteiger partial charge in [0.25, 0.3) is 5.69 Å². The lowest BCUT2D eigenvalue weighted by Gasteiger charge is -1.99. The number of fused-ring (bicyclic) bond motifs is 1. The molecule has 96 valence electrons. The molecular weight excluding hydrogens is 256 g/mol. The highest BCUT2D eigenvalue weighted by Crippen LogP contribution is 2.34. The summed E-state index contributed by atoms with van der Waals surface area (Å²) in [6.45, 7) is 0. The van der Waals surface area contributed by atoms with Gasteiger partial charge < -0.3 is 4.42 Å². The van der Waals surface area contributed by atoms with Crippen molar-refractivity contribution in [2.24, 2.45) is 0 Å². The minimum Gasteiger partial charge on any atom is -0.456 e. The third-order valence-electron chi connectivity index (χ3n) is 3.01. The van der Waals surface area contributed by atoms with Crippen LogP contribution < -0.4 is 0 Å². The lowest BCUT2D eigenvalue weighted by Crippen LogP contribution is -1.92. The van der Waals surface area contributed by atoms with Gasteiger partial charge in [-0.3, -0.25) is 10.1 Å². The van der Waals surface area contributed by atoms with E-state index >= 15 is 0 Å². The van der Waals surface area contributed by atoms with Gasteiger partial charge in [-0.1, -0.05) is 18.2 Å². The van der Waals surface area contributed by atoms with Gasteiger partial charge in [-0.05, 0) is 24.3 Å². The smallest absolute Gasteiger partial charge is 0.281 e. The predicted octanol–water partition coefficient (Wildman–Crippen LogP) is 3.88. The molecule has 1 aromatic heterocycles. The van der Waals surface area contributed by atoms with E-state index in [1.807, 2.05) is 24.3 Å². The van der Waals surface area contributed by atoms with Crippen LogP contribution in [0.2, 0.25) is 0 Å². The van der Waals surface area contributed by atoms with Crippen LogP contribution in [0.4, 0.5) is 5.69 Å². The van der Waals surface area contributed by atoms with Gasteiger partial charge in [-0.2, -0.15) is 5.26 Å². The minimum absolute atomic E-state index is 0.136. The Kier molecular flexibility index (Phi) is 2.70. The van der Waals surface area contributed by atoms with Crippen LogP contribution in [-0.2, 0) is 0 Å². The van der Waals surface area contributed by atoms with Gasteiger partial charge in [-0.25, -0.2) is 0 Å². The molecule has 0 fully saturated rings. The molecule has 0 saturated heterocycles. The van der Waals surface area contributed by atoms with E-state index in [0.29, 0.717) is 16.9 Å². The third-order valence-corrected chi connectivity index (χ3v) is 3.01. The van der Waals surface area contributed by atoms with Crippen LogP contribution in [0, 0.1) is 21.4 Å². The quantitative estimate of drug-likeness (QED) is 0.519. The number of para-hydroxylation sites is 1. The van der Waals surface area contributed by atoms with Gasteiger partial charge in [-0.15, -0.1) is 0 Å². The van der Waals surface area contributed by atoms with E-state index in [-0.39, 0.29) is 11.3 Å². The van der Waals surface area contributed by atoms with E-state index in [4.69, 9.17) is 9.68 Å². The molecule has 20 heavy (non-hydrogen) atoms. The molecule has 0 unspecified atom stereocenters. The lowest BCUT2D eigenvalue weighted by atomic mass is 10.1. The highest BCUT2D eigenvalue weighted by Gasteiger charge is 2.19. The van der Waals surface area contributed by atoms with E-state index in [0.717, 1.165) is 5.39 Å². The van der Waals surface area contributed by atoms with Crippen molar-refractivity contribution in [3.05, 3.63) is 64.2 Å². The first-order valence-electron chi connectivity index (χ1n) is 5.86. The number of nitriles is 1. The molecule has 0 N–H and O–H groups in total. The van der Waals surface area contributed by atoms with Crippen molar-refractivity contribution in [2.45, 2.75) is 0 Å². The van der Waals surface area contributed by atoms with Crippen molar-refractivity contribution in [3.63, 3.8) is 0 Å². The monoisotopic (exact) mass is 264 g/mol. The van der Waals surface area contributed by atoms with Crippen molar-refractivity contribution in [2.75, 3.05) is 0 Å². The average molecular weight is 264 g/mol. The molecular formula is C15H8N2O3. The summed E-state index contributed by atoms with van der Waals surface area (Å²) in [7, 11) is 0. The second kappa shape index (κ2) is 4.52. The van der Waals surface area contributed by atoms with Gasteiger partial charge in [0.05, 0.1) is 22.1 Å². The second-order valence-corrected chi connectivity index (χ2v) is 4.25. The Morgan fingerprint density at radius 1 is 1.15 bits per heavy atom. The second-order valence-electron chi connectivity index (χ2n) is 4.25. The van der Waals surface area contributed by atoms with E-state index < -0.39 is 4.92 Å². The van der Waals surface area contributed by atoms with Crippen LogP contribution in [0.1, 0.15) is 5.56 Å². The maximum absolute atomic E-state index is 11.1. The minimum atomic E-state index is -0.511. The molecule has 0 aliphatic rings. The normalized spacial score (nSPS) is 10.3. The fourth-order valence-electron chi connectivity index (χ4n) is 2.08. The van der Waals surface area contributed by atoms with Crippen molar-refractivity contribution in [1.82, 2.24) is 0 Å². The SMILES string of the molecule is N#Cc1ccc(-c2cc3ccccc3o2)c([N+](=O)[O-])c1. The summed E-state index contributed by atoms with van der Waals surface area (Å²) in [4.78, 5) is 10.6. The molecule has 0 amide bonds. The Hall–Kier alpha value is -3.13. The molecule has 0 aliphatic heterocycles. The highest BCUT2D eigenvalue weighted by atomic mass is 16.6. The van der Waals surface area contributed by atoms with E-state index in [1.165, 1.54) is 18.2 Å². The maximum atomic E-state index is 11.1. The number of nitro benzene ring substituents is 1. The number of hydrogen-bond acceptors (Lipinski definition) is 4. The summed E-state index contributed by atoms with van der Waals surface area (Å²) in [5.74, 6) is 0.419. The first-order chi connectivity index (χ1) is 9.69. The summed E-state index contributed by atoms with van der Waals surface area (Å²) in [5.41, 5.74) is 1.14. The van der Waals surface area contributed by atoms with Gasteiger partial charge in [0, 0.05) is 11.5 Å². The molecule has 5 nitrogen and oxygen atoms in total. The Morgan fingerprint density at radius 3 is 2.65 bits per heavy atom. The Labute approximate surface area is 113 Å². The van der Waals surface area contributed by atoms with Crippen molar-refractivity contribution >= 4 is 16.7 Å². The van der Waals surface area contributed by atoms with E-state index in [2.05, 4.69) is 0 Å². The van der Waals surface area contributed by atoms with Crippen LogP contribution in [0.3, 0.4) is 0 Å². The molecule has 2 aromatic carbocycles. The number of furan rings is 1. The van der Waals surface area contributed by atoms with Gasteiger partial charge in [0.1, 0.15) is 11.3 Å². The third kappa shape index (κ3) is 1.89. The molecule has 3 aromatic rings. The van der Waals surface area contributed by atoms with E-state index in [1.54, 1.807) is 12.1 Å². The fourth-order valence-corrected chi connectivity index (χ4v) is 2.08.